The van der Waals surface area contributed by atoms with Gasteiger partial charge >= 0.3 is 0 Å². The second-order valence-corrected chi connectivity index (χ2v) is 8.49. The first-order valence-corrected chi connectivity index (χ1v) is 10.0. The van der Waals surface area contributed by atoms with Crippen LogP contribution in [0.15, 0.2) is 63.3 Å². The highest BCUT2D eigenvalue weighted by Crippen LogP contribution is 2.30. The van der Waals surface area contributed by atoms with E-state index in [0.717, 1.165) is 15.6 Å². The van der Waals surface area contributed by atoms with E-state index in [9.17, 15) is 13.5 Å². The summed E-state index contributed by atoms with van der Waals surface area (Å²) in [6, 6.07) is 14.3. The van der Waals surface area contributed by atoms with Crippen molar-refractivity contribution in [3.8, 4) is 0 Å². The van der Waals surface area contributed by atoms with E-state index in [0.29, 0.717) is 4.47 Å². The summed E-state index contributed by atoms with van der Waals surface area (Å²) in [5.74, 6) is 0. The number of halogens is 1. The predicted molar refractivity (Wildman–Crippen MR) is 96.1 cm³/mol. The van der Waals surface area contributed by atoms with Crippen molar-refractivity contribution in [2.24, 2.45) is 0 Å². The molecule has 2 aromatic carbocycles. The van der Waals surface area contributed by atoms with Gasteiger partial charge in [-0.2, -0.15) is 0 Å². The van der Waals surface area contributed by atoms with E-state index >= 15 is 0 Å². The van der Waals surface area contributed by atoms with E-state index in [1.807, 2.05) is 29.6 Å². The van der Waals surface area contributed by atoms with Gasteiger partial charge < -0.3 is 5.11 Å². The van der Waals surface area contributed by atoms with Gasteiger partial charge in [0.15, 0.2) is 0 Å². The average molecular weight is 412 g/mol. The molecular weight excluding hydrogens is 398 g/mol. The number of hydrogen-bond donors (Lipinski definition) is 2. The SMILES string of the molecule is O=S(=O)(NCC(O)c1csc2ccccc12)c1ccccc1Br. The molecule has 120 valence electrons. The number of hydrogen-bond acceptors (Lipinski definition) is 4. The quantitative estimate of drug-likeness (QED) is 0.672. The summed E-state index contributed by atoms with van der Waals surface area (Å²) in [6.07, 6.45) is -0.900. The molecule has 3 aromatic rings. The van der Waals surface area contributed by atoms with Gasteiger partial charge in [-0.1, -0.05) is 30.3 Å². The van der Waals surface area contributed by atoms with Gasteiger partial charge in [0.1, 0.15) is 0 Å². The number of aliphatic hydroxyl groups excluding tert-OH is 1. The van der Waals surface area contributed by atoms with Crippen LogP contribution in [-0.2, 0) is 10.0 Å². The van der Waals surface area contributed by atoms with Gasteiger partial charge in [-0.15, -0.1) is 11.3 Å². The molecule has 1 unspecified atom stereocenters. The minimum absolute atomic E-state index is 0.0790. The minimum atomic E-state index is -3.68. The summed E-state index contributed by atoms with van der Waals surface area (Å²) in [5.41, 5.74) is 0.737. The molecular formula is C16H14BrNO3S2. The molecule has 1 heterocycles. The molecule has 0 aliphatic rings. The summed E-state index contributed by atoms with van der Waals surface area (Å²) in [5, 5.41) is 13.2. The van der Waals surface area contributed by atoms with Crippen LogP contribution in [0, 0.1) is 0 Å². The van der Waals surface area contributed by atoms with E-state index in [1.165, 1.54) is 17.4 Å². The topological polar surface area (TPSA) is 66.4 Å². The fraction of sp³-hybridized carbons (Fsp3) is 0.125. The van der Waals surface area contributed by atoms with E-state index in [2.05, 4.69) is 20.7 Å². The van der Waals surface area contributed by atoms with Crippen molar-refractivity contribution in [1.82, 2.24) is 4.72 Å². The molecule has 1 aromatic heterocycles. The first kappa shape index (κ1) is 16.6. The van der Waals surface area contributed by atoms with Crippen LogP contribution in [0.1, 0.15) is 11.7 Å². The Kier molecular flexibility index (Phi) is 4.84. The Balaban J connectivity index is 1.79. The monoisotopic (exact) mass is 411 g/mol. The Morgan fingerprint density at radius 3 is 2.61 bits per heavy atom. The van der Waals surface area contributed by atoms with Gasteiger partial charge in [0.05, 0.1) is 11.0 Å². The van der Waals surface area contributed by atoms with Gasteiger partial charge in [-0.05, 0) is 44.9 Å². The molecule has 0 saturated carbocycles. The summed E-state index contributed by atoms with van der Waals surface area (Å²) in [7, 11) is -3.68. The third-order valence-electron chi connectivity index (χ3n) is 3.46. The first-order valence-electron chi connectivity index (χ1n) is 6.87. The van der Waals surface area contributed by atoms with Crippen molar-refractivity contribution in [2.75, 3.05) is 6.54 Å². The van der Waals surface area contributed by atoms with Crippen LogP contribution in [0.25, 0.3) is 10.1 Å². The molecule has 0 fully saturated rings. The smallest absolute Gasteiger partial charge is 0.241 e. The fourth-order valence-corrected chi connectivity index (χ4v) is 5.34. The summed E-state index contributed by atoms with van der Waals surface area (Å²) in [4.78, 5) is 0.155. The van der Waals surface area contributed by atoms with Crippen LogP contribution in [0.3, 0.4) is 0 Å². The Morgan fingerprint density at radius 2 is 1.83 bits per heavy atom. The number of nitrogens with one attached hydrogen (secondary N) is 1. The maximum Gasteiger partial charge on any atom is 0.241 e. The molecule has 0 spiro atoms. The molecule has 0 radical (unpaired) electrons. The highest BCUT2D eigenvalue weighted by Gasteiger charge is 2.20. The van der Waals surface area contributed by atoms with Crippen molar-refractivity contribution < 1.29 is 13.5 Å². The second-order valence-electron chi connectivity index (χ2n) is 4.99. The number of aliphatic hydroxyl groups is 1. The van der Waals surface area contributed by atoms with Crippen LogP contribution in [-0.4, -0.2) is 20.1 Å². The van der Waals surface area contributed by atoms with Crippen molar-refractivity contribution in [3.63, 3.8) is 0 Å². The molecule has 0 aliphatic carbocycles. The Morgan fingerprint density at radius 1 is 1.13 bits per heavy atom. The standard InChI is InChI=1S/C16H14BrNO3S2/c17-13-6-2-4-8-16(13)23(20,21)18-9-14(19)12-10-22-15-7-3-1-5-11(12)15/h1-8,10,14,18-19H,9H2. The molecule has 0 amide bonds. The van der Waals surface area contributed by atoms with Crippen LogP contribution in [0.4, 0.5) is 0 Å². The normalized spacial score (nSPS) is 13.3. The molecule has 0 bridgehead atoms. The molecule has 3 rings (SSSR count). The Bertz CT molecular complexity index is 937. The van der Waals surface area contributed by atoms with E-state index in [1.54, 1.807) is 18.2 Å². The number of rotatable bonds is 5. The molecule has 1 atom stereocenters. The molecule has 7 heteroatoms. The largest absolute Gasteiger partial charge is 0.387 e. The lowest BCUT2D eigenvalue weighted by atomic mass is 10.1. The lowest BCUT2D eigenvalue weighted by Crippen LogP contribution is -2.28. The number of sulfonamides is 1. The predicted octanol–water partition coefficient (Wildman–Crippen LogP) is 3.68. The lowest BCUT2D eigenvalue weighted by Gasteiger charge is -2.13. The van der Waals surface area contributed by atoms with E-state index in [4.69, 9.17) is 0 Å². The molecule has 0 aliphatic heterocycles. The highest BCUT2D eigenvalue weighted by molar-refractivity contribution is 9.10. The van der Waals surface area contributed by atoms with Gasteiger partial charge in [0.25, 0.3) is 0 Å². The van der Waals surface area contributed by atoms with Crippen LogP contribution in [0.2, 0.25) is 0 Å². The molecule has 0 saturated heterocycles. The molecule has 4 nitrogen and oxygen atoms in total. The third kappa shape index (κ3) is 3.49. The maximum absolute atomic E-state index is 12.3. The van der Waals surface area contributed by atoms with Crippen molar-refractivity contribution in [1.29, 1.82) is 0 Å². The van der Waals surface area contributed by atoms with Crippen LogP contribution >= 0.6 is 27.3 Å². The number of thiophene rings is 1. The maximum atomic E-state index is 12.3. The van der Waals surface area contributed by atoms with E-state index < -0.39 is 16.1 Å². The summed E-state index contributed by atoms with van der Waals surface area (Å²) >= 11 is 4.76. The van der Waals surface area contributed by atoms with Gasteiger partial charge in [0, 0.05) is 21.3 Å². The summed E-state index contributed by atoms with van der Waals surface area (Å²) in [6.45, 7) is -0.0790. The fourth-order valence-electron chi connectivity index (χ4n) is 2.30. The molecule has 23 heavy (non-hydrogen) atoms. The Labute approximate surface area is 147 Å². The number of fused-ring (bicyclic) bond motifs is 1. The number of benzene rings is 2. The van der Waals surface area contributed by atoms with Crippen LogP contribution < -0.4 is 4.72 Å². The zero-order valence-corrected chi connectivity index (χ0v) is 15.2. The van der Waals surface area contributed by atoms with Crippen molar-refractivity contribution in [2.45, 2.75) is 11.0 Å². The van der Waals surface area contributed by atoms with Crippen molar-refractivity contribution >= 4 is 47.4 Å². The Hall–Kier alpha value is -1.25. The van der Waals surface area contributed by atoms with Gasteiger partial charge in [0.2, 0.25) is 10.0 Å². The molecule has 2 N–H and O–H groups in total. The third-order valence-corrected chi connectivity index (χ3v) is 6.88. The first-order chi connectivity index (χ1) is 11.0. The zero-order chi connectivity index (χ0) is 16.4. The van der Waals surface area contributed by atoms with Crippen molar-refractivity contribution in [3.05, 3.63) is 63.9 Å². The lowest BCUT2D eigenvalue weighted by molar-refractivity contribution is 0.184. The zero-order valence-electron chi connectivity index (χ0n) is 11.9. The summed E-state index contributed by atoms with van der Waals surface area (Å²) < 4.78 is 28.7. The highest BCUT2D eigenvalue weighted by atomic mass is 79.9. The van der Waals surface area contributed by atoms with E-state index in [-0.39, 0.29) is 11.4 Å². The van der Waals surface area contributed by atoms with Gasteiger partial charge in [-0.3, -0.25) is 0 Å². The van der Waals surface area contributed by atoms with Gasteiger partial charge in [-0.25, -0.2) is 13.1 Å². The average Bonchev–Trinajstić information content (AvgIpc) is 2.97. The second kappa shape index (κ2) is 6.70. The minimum Gasteiger partial charge on any atom is -0.387 e. The van der Waals surface area contributed by atoms with Crippen LogP contribution in [0.5, 0.6) is 0 Å².